The summed E-state index contributed by atoms with van der Waals surface area (Å²) in [6, 6.07) is 8.13. The van der Waals surface area contributed by atoms with Crippen molar-refractivity contribution in [3.8, 4) is 5.69 Å². The van der Waals surface area contributed by atoms with Gasteiger partial charge in [-0.3, -0.25) is 4.79 Å². The number of rotatable bonds is 2. The first kappa shape index (κ1) is 15.7. The maximum absolute atomic E-state index is 12.7. The number of nitrogens with zero attached hydrogens (tertiary/aromatic N) is 4. The molecule has 3 rings (SSSR count). The molecule has 0 aliphatic carbocycles. The van der Waals surface area contributed by atoms with Gasteiger partial charge in [0.25, 0.3) is 5.91 Å². The summed E-state index contributed by atoms with van der Waals surface area (Å²) in [5.41, 5.74) is 5.00. The number of hydrogen-bond donors (Lipinski definition) is 0. The predicted octanol–water partition coefficient (Wildman–Crippen LogP) is 2.19. The number of aryl methyl sites for hydroxylation is 3. The molecule has 1 saturated heterocycles. The van der Waals surface area contributed by atoms with Crippen molar-refractivity contribution in [2.45, 2.75) is 20.8 Å². The van der Waals surface area contributed by atoms with Crippen molar-refractivity contribution in [3.05, 3.63) is 46.8 Å². The Morgan fingerprint density at radius 3 is 2.35 bits per heavy atom. The molecule has 1 aliphatic rings. The average Bonchev–Trinajstić information content (AvgIpc) is 2.92. The van der Waals surface area contributed by atoms with E-state index in [1.807, 2.05) is 28.6 Å². The molecule has 0 atom stereocenters. The van der Waals surface area contributed by atoms with Crippen molar-refractivity contribution in [2.75, 3.05) is 33.2 Å². The molecular formula is C18H24N4O. The molecule has 2 aromatic rings. The van der Waals surface area contributed by atoms with Crippen LogP contribution in [0.15, 0.2) is 24.3 Å². The van der Waals surface area contributed by atoms with Crippen LogP contribution in [0.2, 0.25) is 0 Å². The van der Waals surface area contributed by atoms with E-state index in [-0.39, 0.29) is 5.91 Å². The Balaban J connectivity index is 1.85. The van der Waals surface area contributed by atoms with E-state index in [1.54, 1.807) is 0 Å². The minimum atomic E-state index is 0.0313. The van der Waals surface area contributed by atoms with E-state index in [0.717, 1.165) is 37.6 Å². The number of piperazine rings is 1. The Hall–Kier alpha value is -2.14. The van der Waals surface area contributed by atoms with Crippen LogP contribution in [0.4, 0.5) is 0 Å². The fourth-order valence-corrected chi connectivity index (χ4v) is 2.87. The van der Waals surface area contributed by atoms with Gasteiger partial charge in [-0.15, -0.1) is 0 Å². The maximum Gasteiger partial charge on any atom is 0.274 e. The first-order valence-corrected chi connectivity index (χ1v) is 8.08. The number of amides is 1. The van der Waals surface area contributed by atoms with Gasteiger partial charge in [0.2, 0.25) is 0 Å². The lowest BCUT2D eigenvalue weighted by Gasteiger charge is -2.31. The summed E-state index contributed by atoms with van der Waals surface area (Å²) in [6.45, 7) is 9.55. The molecule has 1 amide bonds. The fourth-order valence-electron chi connectivity index (χ4n) is 2.87. The molecule has 1 fully saturated rings. The van der Waals surface area contributed by atoms with Gasteiger partial charge < -0.3 is 9.80 Å². The second-order valence-electron chi connectivity index (χ2n) is 6.45. The van der Waals surface area contributed by atoms with Crippen LogP contribution in [-0.2, 0) is 0 Å². The van der Waals surface area contributed by atoms with E-state index in [2.05, 4.69) is 43.0 Å². The van der Waals surface area contributed by atoms with Crippen molar-refractivity contribution < 1.29 is 4.79 Å². The first-order chi connectivity index (χ1) is 11.0. The minimum Gasteiger partial charge on any atom is -0.335 e. The Morgan fingerprint density at radius 1 is 1.00 bits per heavy atom. The van der Waals surface area contributed by atoms with Crippen molar-refractivity contribution >= 4 is 5.91 Å². The third-order valence-electron chi connectivity index (χ3n) is 4.63. The summed E-state index contributed by atoms with van der Waals surface area (Å²) < 4.78 is 1.86. The molecule has 1 aromatic heterocycles. The highest BCUT2D eigenvalue weighted by atomic mass is 16.2. The van der Waals surface area contributed by atoms with Gasteiger partial charge in [-0.05, 0) is 57.1 Å². The molecule has 0 bridgehead atoms. The van der Waals surface area contributed by atoms with Crippen LogP contribution in [-0.4, -0.2) is 58.7 Å². The zero-order chi connectivity index (χ0) is 16.6. The number of aromatic nitrogens is 2. The van der Waals surface area contributed by atoms with E-state index in [4.69, 9.17) is 0 Å². The summed E-state index contributed by atoms with van der Waals surface area (Å²) in [5, 5.41) is 4.56. The van der Waals surface area contributed by atoms with Crippen LogP contribution < -0.4 is 0 Å². The smallest absolute Gasteiger partial charge is 0.274 e. The van der Waals surface area contributed by atoms with E-state index < -0.39 is 0 Å². The molecule has 1 aromatic carbocycles. The average molecular weight is 312 g/mol. The molecule has 23 heavy (non-hydrogen) atoms. The van der Waals surface area contributed by atoms with Crippen LogP contribution in [0.3, 0.4) is 0 Å². The van der Waals surface area contributed by atoms with Crippen molar-refractivity contribution in [3.63, 3.8) is 0 Å². The molecule has 0 unspecified atom stereocenters. The fraction of sp³-hybridized carbons (Fsp3) is 0.444. The van der Waals surface area contributed by atoms with Crippen LogP contribution in [0, 0.1) is 20.8 Å². The highest BCUT2D eigenvalue weighted by molar-refractivity contribution is 5.92. The van der Waals surface area contributed by atoms with E-state index in [1.165, 1.54) is 11.1 Å². The lowest BCUT2D eigenvalue weighted by Crippen LogP contribution is -2.47. The largest absolute Gasteiger partial charge is 0.335 e. The molecule has 0 radical (unpaired) electrons. The molecule has 0 spiro atoms. The van der Waals surface area contributed by atoms with Gasteiger partial charge in [-0.25, -0.2) is 4.68 Å². The molecule has 122 valence electrons. The first-order valence-electron chi connectivity index (χ1n) is 8.08. The number of carbonyl (C=O) groups excluding carboxylic acids is 1. The van der Waals surface area contributed by atoms with Gasteiger partial charge in [0.15, 0.2) is 5.69 Å². The van der Waals surface area contributed by atoms with Crippen LogP contribution in [0.25, 0.3) is 5.69 Å². The number of likely N-dealkylation sites (N-methyl/N-ethyl adjacent to an activating group) is 1. The molecule has 1 aliphatic heterocycles. The predicted molar refractivity (Wildman–Crippen MR) is 91.2 cm³/mol. The SMILES string of the molecule is Cc1ccc(-n2nc(C(=O)N3CCN(C)CC3)cc2C)cc1C. The Morgan fingerprint density at radius 2 is 1.70 bits per heavy atom. The molecule has 5 nitrogen and oxygen atoms in total. The lowest BCUT2D eigenvalue weighted by atomic mass is 10.1. The summed E-state index contributed by atoms with van der Waals surface area (Å²) >= 11 is 0. The highest BCUT2D eigenvalue weighted by Crippen LogP contribution is 2.17. The normalized spacial score (nSPS) is 15.9. The van der Waals surface area contributed by atoms with Crippen molar-refractivity contribution in [1.82, 2.24) is 19.6 Å². The Labute approximate surface area is 137 Å². The summed E-state index contributed by atoms with van der Waals surface area (Å²) in [5.74, 6) is 0.0313. The molecule has 5 heteroatoms. The zero-order valence-electron chi connectivity index (χ0n) is 14.3. The van der Waals surface area contributed by atoms with E-state index in [9.17, 15) is 4.79 Å². The summed E-state index contributed by atoms with van der Waals surface area (Å²) in [6.07, 6.45) is 0. The molecule has 2 heterocycles. The van der Waals surface area contributed by atoms with Crippen LogP contribution >= 0.6 is 0 Å². The topological polar surface area (TPSA) is 41.4 Å². The van der Waals surface area contributed by atoms with Gasteiger partial charge in [-0.1, -0.05) is 6.07 Å². The van der Waals surface area contributed by atoms with Crippen molar-refractivity contribution in [2.24, 2.45) is 0 Å². The monoisotopic (exact) mass is 312 g/mol. The number of carbonyl (C=O) groups is 1. The minimum absolute atomic E-state index is 0.0313. The number of benzene rings is 1. The van der Waals surface area contributed by atoms with Crippen LogP contribution in [0.1, 0.15) is 27.3 Å². The quantitative estimate of drug-likeness (QED) is 0.853. The van der Waals surface area contributed by atoms with E-state index in [0.29, 0.717) is 5.69 Å². The second-order valence-corrected chi connectivity index (χ2v) is 6.45. The van der Waals surface area contributed by atoms with Gasteiger partial charge in [0, 0.05) is 31.9 Å². The Bertz CT molecular complexity index is 727. The van der Waals surface area contributed by atoms with Gasteiger partial charge in [0.05, 0.1) is 5.69 Å². The lowest BCUT2D eigenvalue weighted by molar-refractivity contribution is 0.0657. The van der Waals surface area contributed by atoms with Crippen LogP contribution in [0.5, 0.6) is 0 Å². The number of hydrogen-bond acceptors (Lipinski definition) is 3. The van der Waals surface area contributed by atoms with Gasteiger partial charge in [-0.2, -0.15) is 5.10 Å². The summed E-state index contributed by atoms with van der Waals surface area (Å²) in [7, 11) is 2.08. The second kappa shape index (κ2) is 6.16. The van der Waals surface area contributed by atoms with E-state index >= 15 is 0 Å². The third-order valence-corrected chi connectivity index (χ3v) is 4.63. The zero-order valence-corrected chi connectivity index (χ0v) is 14.3. The standard InChI is InChI=1S/C18H24N4O/c1-13-5-6-16(11-14(13)2)22-15(3)12-17(19-22)18(23)21-9-7-20(4)8-10-21/h5-6,11-12H,7-10H2,1-4H3. The van der Waals surface area contributed by atoms with Gasteiger partial charge in [0.1, 0.15) is 0 Å². The summed E-state index contributed by atoms with van der Waals surface area (Å²) in [4.78, 5) is 16.8. The molecule has 0 N–H and O–H groups in total. The highest BCUT2D eigenvalue weighted by Gasteiger charge is 2.23. The Kier molecular flexibility index (Phi) is 4.22. The van der Waals surface area contributed by atoms with Gasteiger partial charge >= 0.3 is 0 Å². The maximum atomic E-state index is 12.7. The third kappa shape index (κ3) is 3.15. The van der Waals surface area contributed by atoms with Crippen molar-refractivity contribution in [1.29, 1.82) is 0 Å². The molecule has 0 saturated carbocycles. The molecular weight excluding hydrogens is 288 g/mol.